The molecule has 0 spiro atoms. The Kier molecular flexibility index (Phi) is 7.88. The average Bonchev–Trinajstić information content (AvgIpc) is 3.51. The summed E-state index contributed by atoms with van der Waals surface area (Å²) in [5.74, 6) is -1.71. The Balaban J connectivity index is 1.42. The second-order valence-corrected chi connectivity index (χ2v) is 10.4. The van der Waals surface area contributed by atoms with Crippen LogP contribution in [-0.4, -0.2) is 86.5 Å². The third-order valence-corrected chi connectivity index (χ3v) is 7.62. The predicted molar refractivity (Wildman–Crippen MR) is 153 cm³/mol. The number of carbonyl (C=O) groups is 2. The summed E-state index contributed by atoms with van der Waals surface area (Å²) in [4.78, 5) is 49.2. The van der Waals surface area contributed by atoms with Gasteiger partial charge in [0.2, 0.25) is 5.28 Å². The zero-order chi connectivity index (χ0) is 32.0. The molecule has 44 heavy (non-hydrogen) atoms. The van der Waals surface area contributed by atoms with Crippen LogP contribution in [0.2, 0.25) is 5.28 Å². The Morgan fingerprint density at radius 3 is 2.55 bits per heavy atom. The monoisotopic (exact) mass is 624 g/mol. The first-order valence-electron chi connectivity index (χ1n) is 12.9. The molecule has 0 bridgehead atoms. The van der Waals surface area contributed by atoms with Gasteiger partial charge in [0.1, 0.15) is 17.7 Å². The van der Waals surface area contributed by atoms with E-state index in [0.29, 0.717) is 11.1 Å². The van der Waals surface area contributed by atoms with Crippen LogP contribution in [0.15, 0.2) is 53.7 Å². The summed E-state index contributed by atoms with van der Waals surface area (Å²) in [5.41, 5.74) is 1.59. The van der Waals surface area contributed by atoms with E-state index in [1.165, 1.54) is 27.6 Å². The Hall–Kier alpha value is -4.85. The van der Waals surface area contributed by atoms with Gasteiger partial charge < -0.3 is 40.2 Å². The van der Waals surface area contributed by atoms with Crippen molar-refractivity contribution in [1.82, 2.24) is 24.1 Å². The SMILES string of the molecule is C#C[C@@]1(O)[C@@H](COC(Cc2ccc(-c3cccn(C)c3=O)cc2)(C(=O)O)C(=O)O)O[C@@H](n2cnc3c(N)nc(Cl)nc32)[C@@H]1O. The molecule has 1 aliphatic heterocycles. The first-order chi connectivity index (χ1) is 20.8. The molecule has 0 amide bonds. The zero-order valence-electron chi connectivity index (χ0n) is 22.9. The van der Waals surface area contributed by atoms with Crippen LogP contribution in [0.25, 0.3) is 22.3 Å². The number of nitrogen functional groups attached to an aromatic ring is 1. The minimum atomic E-state index is -2.86. The smallest absolute Gasteiger partial charge is 0.348 e. The van der Waals surface area contributed by atoms with Gasteiger partial charge in [-0.1, -0.05) is 30.2 Å². The maximum Gasteiger partial charge on any atom is 0.348 e. The summed E-state index contributed by atoms with van der Waals surface area (Å²) in [7, 11) is 1.60. The number of aryl methyl sites for hydroxylation is 1. The number of anilines is 1. The third kappa shape index (κ3) is 5.04. The first-order valence-corrected chi connectivity index (χ1v) is 13.2. The lowest BCUT2D eigenvalue weighted by Gasteiger charge is -2.30. The van der Waals surface area contributed by atoms with E-state index in [4.69, 9.17) is 33.2 Å². The second kappa shape index (κ2) is 11.3. The van der Waals surface area contributed by atoms with Gasteiger partial charge in [-0.3, -0.25) is 9.36 Å². The number of hydrogen-bond donors (Lipinski definition) is 5. The zero-order valence-corrected chi connectivity index (χ0v) is 23.6. The van der Waals surface area contributed by atoms with Crippen molar-refractivity contribution in [3.63, 3.8) is 0 Å². The van der Waals surface area contributed by atoms with Crippen LogP contribution in [0.4, 0.5) is 5.82 Å². The third-order valence-electron chi connectivity index (χ3n) is 7.46. The lowest BCUT2D eigenvalue weighted by molar-refractivity contribution is -0.191. The molecule has 4 atom stereocenters. The van der Waals surface area contributed by atoms with E-state index in [1.807, 2.05) is 5.92 Å². The Labute approximate surface area is 253 Å². The van der Waals surface area contributed by atoms with E-state index < -0.39 is 54.6 Å². The maximum atomic E-state index is 12.5. The van der Waals surface area contributed by atoms with Crippen molar-refractivity contribution in [2.24, 2.45) is 7.05 Å². The molecule has 0 saturated carbocycles. The Bertz CT molecular complexity index is 1850. The number of aliphatic hydroxyl groups is 2. The van der Waals surface area contributed by atoms with Crippen molar-refractivity contribution in [3.8, 4) is 23.5 Å². The number of nitrogens with two attached hydrogens (primary N) is 1. The molecule has 15 nitrogen and oxygen atoms in total. The summed E-state index contributed by atoms with van der Waals surface area (Å²) in [6.45, 7) is -0.866. The van der Waals surface area contributed by atoms with Crippen molar-refractivity contribution in [1.29, 1.82) is 0 Å². The molecule has 0 radical (unpaired) electrons. The molecule has 1 fully saturated rings. The van der Waals surface area contributed by atoms with Crippen LogP contribution in [0.1, 0.15) is 11.8 Å². The normalized spacial score (nSPS) is 21.8. The van der Waals surface area contributed by atoms with Gasteiger partial charge in [0.25, 0.3) is 11.2 Å². The summed E-state index contributed by atoms with van der Waals surface area (Å²) in [6.07, 6.45) is 2.78. The summed E-state index contributed by atoms with van der Waals surface area (Å²) in [5, 5.41) is 42.1. The topological polar surface area (TPSA) is 225 Å². The number of aromatic nitrogens is 5. The molecule has 1 aliphatic rings. The molecule has 0 aliphatic carbocycles. The lowest BCUT2D eigenvalue weighted by atomic mass is 9.91. The van der Waals surface area contributed by atoms with Crippen molar-refractivity contribution in [2.45, 2.75) is 36.1 Å². The van der Waals surface area contributed by atoms with E-state index in [-0.39, 0.29) is 33.4 Å². The molecule has 4 aromatic rings. The number of carboxylic acids is 2. The van der Waals surface area contributed by atoms with Crippen LogP contribution in [-0.2, 0) is 32.5 Å². The largest absolute Gasteiger partial charge is 0.479 e. The number of aliphatic hydroxyl groups excluding tert-OH is 1. The van der Waals surface area contributed by atoms with Gasteiger partial charge in [0.15, 0.2) is 23.3 Å². The quantitative estimate of drug-likeness (QED) is 0.0955. The van der Waals surface area contributed by atoms with Gasteiger partial charge in [0, 0.05) is 25.2 Å². The molecule has 0 unspecified atom stereocenters. The summed E-state index contributed by atoms with van der Waals surface area (Å²) < 4.78 is 13.9. The number of hydrogen-bond acceptors (Lipinski definition) is 11. The predicted octanol–water partition coefficient (Wildman–Crippen LogP) is 0.218. The van der Waals surface area contributed by atoms with Gasteiger partial charge in [-0.15, -0.1) is 6.42 Å². The number of benzene rings is 1. The van der Waals surface area contributed by atoms with E-state index in [0.717, 1.165) is 0 Å². The number of ether oxygens (including phenoxy) is 2. The molecule has 3 aromatic heterocycles. The molecule has 1 aromatic carbocycles. The van der Waals surface area contributed by atoms with E-state index in [2.05, 4.69) is 15.0 Å². The molecule has 1 saturated heterocycles. The summed E-state index contributed by atoms with van der Waals surface area (Å²) in [6, 6.07) is 9.36. The Morgan fingerprint density at radius 2 is 1.91 bits per heavy atom. The highest BCUT2D eigenvalue weighted by atomic mass is 35.5. The number of halogens is 1. The highest BCUT2D eigenvalue weighted by Crippen LogP contribution is 2.39. The van der Waals surface area contributed by atoms with Crippen LogP contribution >= 0.6 is 11.6 Å². The average molecular weight is 625 g/mol. The van der Waals surface area contributed by atoms with Crippen LogP contribution in [0.5, 0.6) is 0 Å². The van der Waals surface area contributed by atoms with Gasteiger partial charge in [-0.25, -0.2) is 14.6 Å². The van der Waals surface area contributed by atoms with Crippen molar-refractivity contribution < 1.29 is 39.5 Å². The molecular weight excluding hydrogens is 600 g/mol. The lowest BCUT2D eigenvalue weighted by Crippen LogP contribution is -2.55. The van der Waals surface area contributed by atoms with Crippen molar-refractivity contribution in [2.75, 3.05) is 12.3 Å². The van der Waals surface area contributed by atoms with Gasteiger partial charge in [-0.05, 0) is 34.9 Å². The van der Waals surface area contributed by atoms with Crippen LogP contribution in [0, 0.1) is 12.3 Å². The maximum absolute atomic E-state index is 12.5. The molecule has 5 rings (SSSR count). The molecule has 16 heteroatoms. The number of pyridine rings is 1. The standard InChI is InChI=1S/C28H25ClN6O9/c1-3-27(42)17(44-23(19(27)36)35-13-31-18-20(30)32-26(29)33-21(18)35)12-43-28(24(38)39,25(40)41)11-14-6-8-15(9-7-14)16-5-4-10-34(2)22(16)37/h1,4-10,13,17,19,23,36,42H,11-12H2,2H3,(H,38,39)(H,40,41)(H2,30,32,33)/t17-,19+,23-,27-/m1/s1. The fourth-order valence-corrected chi connectivity index (χ4v) is 5.13. The number of rotatable bonds is 9. The fraction of sp³-hybridized carbons (Fsp3) is 0.286. The van der Waals surface area contributed by atoms with Gasteiger partial charge in [-0.2, -0.15) is 9.97 Å². The fourth-order valence-electron chi connectivity index (χ4n) is 4.96. The van der Waals surface area contributed by atoms with Gasteiger partial charge in [0.05, 0.1) is 12.9 Å². The van der Waals surface area contributed by atoms with E-state index in [9.17, 15) is 34.8 Å². The first kappa shape index (κ1) is 30.6. The van der Waals surface area contributed by atoms with E-state index >= 15 is 0 Å². The number of carboxylic acid groups (broad SMARTS) is 2. The highest BCUT2D eigenvalue weighted by molar-refractivity contribution is 6.28. The molecule has 4 heterocycles. The molecule has 6 N–H and O–H groups in total. The van der Waals surface area contributed by atoms with Gasteiger partial charge >= 0.3 is 11.9 Å². The minimum absolute atomic E-state index is 0.0368. The Morgan fingerprint density at radius 1 is 1.23 bits per heavy atom. The number of nitrogens with zero attached hydrogens (tertiary/aromatic N) is 5. The van der Waals surface area contributed by atoms with Crippen LogP contribution < -0.4 is 11.3 Å². The van der Waals surface area contributed by atoms with Crippen molar-refractivity contribution >= 4 is 40.5 Å². The molecule has 228 valence electrons. The summed E-state index contributed by atoms with van der Waals surface area (Å²) >= 11 is 5.91. The number of terminal acetylenes is 1. The number of aliphatic carboxylic acids is 2. The number of fused-ring (bicyclic) bond motifs is 1. The minimum Gasteiger partial charge on any atom is -0.479 e. The highest BCUT2D eigenvalue weighted by Gasteiger charge is 2.58. The molecular formula is C28H25ClN6O9. The van der Waals surface area contributed by atoms with Crippen molar-refractivity contribution in [3.05, 3.63) is 70.1 Å². The number of imidazole rings is 1. The second-order valence-electron chi connectivity index (χ2n) is 10.1. The van der Waals surface area contributed by atoms with Crippen LogP contribution in [0.3, 0.4) is 0 Å². The van der Waals surface area contributed by atoms with E-state index in [1.54, 1.807) is 37.5 Å².